The molecule has 14 atom stereocenters. The summed E-state index contributed by atoms with van der Waals surface area (Å²) in [7, 11) is 0. The lowest BCUT2D eigenvalue weighted by atomic mass is 9.84. The highest BCUT2D eigenvalue weighted by atomic mass is 16.7. The van der Waals surface area contributed by atoms with Gasteiger partial charge in [-0.15, -0.1) is 0 Å². The Balaban J connectivity index is 1.78. The summed E-state index contributed by atoms with van der Waals surface area (Å²) in [5.41, 5.74) is 23.6. The van der Waals surface area contributed by atoms with Crippen molar-refractivity contribution in [3.8, 4) is 0 Å². The Morgan fingerprint density at radius 1 is 0.710 bits per heavy atom. The van der Waals surface area contributed by atoms with E-state index in [2.05, 4.69) is 0 Å². The molecule has 0 amide bonds. The first-order valence-corrected chi connectivity index (χ1v) is 10.2. The third kappa shape index (κ3) is 4.87. The van der Waals surface area contributed by atoms with Gasteiger partial charge in [-0.05, 0) is 6.42 Å². The Kier molecular flexibility index (Phi) is 8.21. The Morgan fingerprint density at radius 2 is 1.29 bits per heavy atom. The van der Waals surface area contributed by atoms with Crippen molar-refractivity contribution in [2.45, 2.75) is 92.1 Å². The van der Waals surface area contributed by atoms with Crippen LogP contribution in [0.4, 0.5) is 0 Å². The molecule has 31 heavy (non-hydrogen) atoms. The average Bonchev–Trinajstić information content (AvgIpc) is 3.02. The van der Waals surface area contributed by atoms with Gasteiger partial charge in [0.15, 0.2) is 12.6 Å². The van der Waals surface area contributed by atoms with Crippen LogP contribution in [0.25, 0.3) is 0 Å². The summed E-state index contributed by atoms with van der Waals surface area (Å²) in [4.78, 5) is 0. The van der Waals surface area contributed by atoms with Crippen molar-refractivity contribution in [3.05, 3.63) is 0 Å². The smallest absolute Gasteiger partial charge is 0.187 e. The molecule has 3 aliphatic rings. The lowest BCUT2D eigenvalue weighted by molar-refractivity contribution is -0.306. The minimum Gasteiger partial charge on any atom is -0.394 e. The standard InChI is InChI=1S/C17H34N4O10/c18-2-6-10(24)12(26)8(21)16(28-6)30-14-5(20)1-4(19)9(23)15(14)31-17-13(27)11(25)7(3-22)29-17/h4-17,22-27H,1-3,18-21H2/t4-,5-,6+,7+,8-,9+,10-,11-,12+,13-,14-,15+,16-,17-/m1/s1. The van der Waals surface area contributed by atoms with Crippen molar-refractivity contribution < 1.29 is 49.6 Å². The minimum absolute atomic E-state index is 0.114. The summed E-state index contributed by atoms with van der Waals surface area (Å²) >= 11 is 0. The second kappa shape index (κ2) is 10.1. The second-order valence-electron chi connectivity index (χ2n) is 8.30. The number of aliphatic hydroxyl groups excluding tert-OH is 6. The van der Waals surface area contributed by atoms with Crippen LogP contribution in [0.15, 0.2) is 0 Å². The number of nitrogens with two attached hydrogens (primary N) is 4. The van der Waals surface area contributed by atoms with Crippen LogP contribution >= 0.6 is 0 Å². The van der Waals surface area contributed by atoms with Crippen molar-refractivity contribution in [2.75, 3.05) is 13.2 Å². The van der Waals surface area contributed by atoms with Gasteiger partial charge >= 0.3 is 0 Å². The van der Waals surface area contributed by atoms with Crippen molar-refractivity contribution in [1.82, 2.24) is 0 Å². The predicted molar refractivity (Wildman–Crippen MR) is 102 cm³/mol. The largest absolute Gasteiger partial charge is 0.394 e. The molecule has 1 aliphatic carbocycles. The zero-order valence-electron chi connectivity index (χ0n) is 16.8. The van der Waals surface area contributed by atoms with E-state index in [-0.39, 0.29) is 13.0 Å². The number of hydrogen-bond acceptors (Lipinski definition) is 14. The molecule has 0 radical (unpaired) electrons. The molecule has 0 unspecified atom stereocenters. The van der Waals surface area contributed by atoms with Gasteiger partial charge in [-0.3, -0.25) is 0 Å². The molecule has 182 valence electrons. The molecule has 2 aliphatic heterocycles. The van der Waals surface area contributed by atoms with Crippen LogP contribution in [0.1, 0.15) is 6.42 Å². The van der Waals surface area contributed by atoms with Crippen LogP contribution in [0.3, 0.4) is 0 Å². The summed E-state index contributed by atoms with van der Waals surface area (Å²) in [6, 6.07) is -2.72. The van der Waals surface area contributed by atoms with Crippen LogP contribution in [-0.2, 0) is 18.9 Å². The topological polar surface area (TPSA) is 262 Å². The highest BCUT2D eigenvalue weighted by Crippen LogP contribution is 2.31. The Hall–Kier alpha value is -0.560. The molecule has 3 fully saturated rings. The third-order valence-corrected chi connectivity index (χ3v) is 6.13. The Bertz CT molecular complexity index is 591. The monoisotopic (exact) mass is 454 g/mol. The highest BCUT2D eigenvalue weighted by Gasteiger charge is 2.52. The number of aliphatic hydroxyl groups is 6. The Morgan fingerprint density at radius 3 is 1.87 bits per heavy atom. The van der Waals surface area contributed by atoms with Gasteiger partial charge in [0, 0.05) is 18.6 Å². The highest BCUT2D eigenvalue weighted by molar-refractivity contribution is 5.01. The van der Waals surface area contributed by atoms with E-state index < -0.39 is 92.2 Å². The minimum atomic E-state index is -1.51. The molecule has 0 spiro atoms. The average molecular weight is 454 g/mol. The number of hydrogen-bond donors (Lipinski definition) is 10. The van der Waals surface area contributed by atoms with Gasteiger partial charge in [0.25, 0.3) is 0 Å². The van der Waals surface area contributed by atoms with Crippen LogP contribution < -0.4 is 22.9 Å². The maximum Gasteiger partial charge on any atom is 0.187 e. The van der Waals surface area contributed by atoms with Crippen molar-refractivity contribution in [2.24, 2.45) is 22.9 Å². The van der Waals surface area contributed by atoms with Gasteiger partial charge < -0.3 is 72.5 Å². The third-order valence-electron chi connectivity index (χ3n) is 6.13. The van der Waals surface area contributed by atoms with Crippen LogP contribution in [-0.4, -0.2) is 129 Å². The molecule has 14 nitrogen and oxygen atoms in total. The zero-order chi connectivity index (χ0) is 23.0. The van der Waals surface area contributed by atoms with Gasteiger partial charge in [-0.1, -0.05) is 0 Å². The molecule has 0 aromatic rings. The van der Waals surface area contributed by atoms with Crippen LogP contribution in [0.2, 0.25) is 0 Å². The summed E-state index contributed by atoms with van der Waals surface area (Å²) in [6.45, 7) is -0.673. The fourth-order valence-corrected chi connectivity index (χ4v) is 4.16. The first kappa shape index (κ1) is 25.1. The molecule has 2 heterocycles. The maximum absolute atomic E-state index is 10.6. The molecule has 0 aromatic carbocycles. The van der Waals surface area contributed by atoms with E-state index in [1.807, 2.05) is 0 Å². The van der Waals surface area contributed by atoms with Crippen LogP contribution in [0.5, 0.6) is 0 Å². The summed E-state index contributed by atoms with van der Waals surface area (Å²) in [5, 5.41) is 60.2. The first-order valence-electron chi connectivity index (χ1n) is 10.2. The Labute approximate surface area is 178 Å². The number of ether oxygens (including phenoxy) is 4. The van der Waals surface area contributed by atoms with Crippen molar-refractivity contribution in [1.29, 1.82) is 0 Å². The van der Waals surface area contributed by atoms with E-state index >= 15 is 0 Å². The van der Waals surface area contributed by atoms with Crippen molar-refractivity contribution >= 4 is 0 Å². The van der Waals surface area contributed by atoms with Gasteiger partial charge in [0.05, 0.1) is 18.8 Å². The molecule has 14 N–H and O–H groups in total. The lowest BCUT2D eigenvalue weighted by Crippen LogP contribution is -2.68. The molecule has 2 saturated heterocycles. The molecular formula is C17H34N4O10. The van der Waals surface area contributed by atoms with E-state index in [9.17, 15) is 30.6 Å². The normalized spacial score (nSPS) is 53.6. The SMILES string of the molecule is NC[C@@H]1O[C@H](O[C@H]2[C@@H](O[C@H]3O[C@@H](CO)[C@@H](O)[C@H]3O)[C@@H](O)[C@H](N)C[C@H]2N)[C@H](N)[C@H](O)[C@@H]1O. The predicted octanol–water partition coefficient (Wildman–Crippen LogP) is -6.65. The summed E-state index contributed by atoms with van der Waals surface area (Å²) in [6.07, 6.45) is -13.8. The fourth-order valence-electron chi connectivity index (χ4n) is 4.16. The fraction of sp³-hybridized carbons (Fsp3) is 1.00. The summed E-state index contributed by atoms with van der Waals surface area (Å²) in [5.74, 6) is 0. The van der Waals surface area contributed by atoms with Gasteiger partial charge in [0.1, 0.15) is 48.8 Å². The van der Waals surface area contributed by atoms with Gasteiger partial charge in [0.2, 0.25) is 0 Å². The zero-order valence-corrected chi connectivity index (χ0v) is 16.8. The molecular weight excluding hydrogens is 420 g/mol. The maximum atomic E-state index is 10.6. The van der Waals surface area contributed by atoms with E-state index in [0.717, 1.165) is 0 Å². The molecule has 3 rings (SSSR count). The van der Waals surface area contributed by atoms with E-state index in [1.54, 1.807) is 0 Å². The number of rotatable bonds is 6. The van der Waals surface area contributed by atoms with Crippen molar-refractivity contribution in [3.63, 3.8) is 0 Å². The lowest BCUT2D eigenvalue weighted by Gasteiger charge is -2.47. The van der Waals surface area contributed by atoms with Gasteiger partial charge in [-0.2, -0.15) is 0 Å². The molecule has 14 heteroatoms. The molecule has 0 bridgehead atoms. The van der Waals surface area contributed by atoms with E-state index in [1.165, 1.54) is 0 Å². The molecule has 1 saturated carbocycles. The summed E-state index contributed by atoms with van der Waals surface area (Å²) < 4.78 is 22.5. The second-order valence-corrected chi connectivity index (χ2v) is 8.30. The van der Waals surface area contributed by atoms with E-state index in [0.29, 0.717) is 0 Å². The van der Waals surface area contributed by atoms with Gasteiger partial charge in [-0.25, -0.2) is 0 Å². The first-order chi connectivity index (χ1) is 14.6. The molecule has 0 aromatic heterocycles. The quantitative estimate of drug-likeness (QED) is 0.179. The van der Waals surface area contributed by atoms with E-state index in [4.69, 9.17) is 41.9 Å². The van der Waals surface area contributed by atoms with Crippen LogP contribution in [0, 0.1) is 0 Å².